The molecule has 33 heavy (non-hydrogen) atoms. The van der Waals surface area contributed by atoms with E-state index in [1.807, 2.05) is 48.5 Å². The summed E-state index contributed by atoms with van der Waals surface area (Å²) in [5.74, 6) is 2.73. The average Bonchev–Trinajstić information content (AvgIpc) is 3.60. The summed E-state index contributed by atoms with van der Waals surface area (Å²) in [6, 6.07) is 19.0. The molecule has 3 unspecified atom stereocenters. The number of epoxide rings is 1. The smallest absolute Gasteiger partial charge is 0.204 e. The molecule has 3 aromatic rings. The van der Waals surface area contributed by atoms with Gasteiger partial charge in [0.15, 0.2) is 28.6 Å². The number of fused-ring (bicyclic) bond motifs is 1. The van der Waals surface area contributed by atoms with Crippen molar-refractivity contribution < 1.29 is 33.5 Å². The van der Waals surface area contributed by atoms with E-state index in [0.29, 0.717) is 40.9 Å². The Hall–Kier alpha value is -3.42. The van der Waals surface area contributed by atoms with E-state index in [1.165, 1.54) is 0 Å². The van der Waals surface area contributed by atoms with Crippen LogP contribution >= 0.6 is 0 Å². The number of benzene rings is 3. The van der Waals surface area contributed by atoms with Crippen LogP contribution < -0.4 is 23.7 Å². The zero-order valence-corrected chi connectivity index (χ0v) is 18.7. The van der Waals surface area contributed by atoms with E-state index in [1.54, 1.807) is 33.5 Å². The summed E-state index contributed by atoms with van der Waals surface area (Å²) in [7, 11) is 4.76. The lowest BCUT2D eigenvalue weighted by molar-refractivity contribution is 0.0202. The zero-order chi connectivity index (χ0) is 23.0. The quantitative estimate of drug-likeness (QED) is 0.540. The number of rotatable bonds is 7. The lowest BCUT2D eigenvalue weighted by Gasteiger charge is -2.30. The molecular weight excluding hydrogens is 424 g/mol. The lowest BCUT2D eigenvalue weighted by Crippen LogP contribution is -2.35. The second kappa shape index (κ2) is 8.50. The molecule has 7 nitrogen and oxygen atoms in total. The highest BCUT2D eigenvalue weighted by molar-refractivity contribution is 5.59. The van der Waals surface area contributed by atoms with E-state index in [-0.39, 0.29) is 12.7 Å². The van der Waals surface area contributed by atoms with Crippen molar-refractivity contribution in [1.82, 2.24) is 0 Å². The number of aliphatic hydroxyl groups excluding tert-OH is 1. The summed E-state index contributed by atoms with van der Waals surface area (Å²) < 4.78 is 34.5. The Labute approximate surface area is 192 Å². The number of methoxy groups -OCH3 is 3. The van der Waals surface area contributed by atoms with Crippen LogP contribution in [0.2, 0.25) is 0 Å². The summed E-state index contributed by atoms with van der Waals surface area (Å²) in [5, 5.41) is 11.3. The maximum atomic E-state index is 11.3. The van der Waals surface area contributed by atoms with Gasteiger partial charge in [0.1, 0.15) is 25.4 Å². The van der Waals surface area contributed by atoms with E-state index in [0.717, 1.165) is 11.1 Å². The Kier molecular flexibility index (Phi) is 5.52. The van der Waals surface area contributed by atoms with Crippen LogP contribution in [-0.2, 0) is 11.3 Å². The van der Waals surface area contributed by atoms with Gasteiger partial charge in [0, 0.05) is 5.56 Å². The van der Waals surface area contributed by atoms with Crippen molar-refractivity contribution in [3.63, 3.8) is 0 Å². The summed E-state index contributed by atoms with van der Waals surface area (Å²) >= 11 is 0. The van der Waals surface area contributed by atoms with Crippen LogP contribution in [0.25, 0.3) is 0 Å². The van der Waals surface area contributed by atoms with E-state index >= 15 is 0 Å². The minimum absolute atomic E-state index is 0.176. The normalized spacial score (nSPS) is 22.8. The van der Waals surface area contributed by atoms with Gasteiger partial charge in [0.2, 0.25) is 5.75 Å². The molecule has 0 aromatic heterocycles. The molecule has 0 amide bonds. The van der Waals surface area contributed by atoms with Gasteiger partial charge in [-0.25, -0.2) is 0 Å². The van der Waals surface area contributed by atoms with E-state index in [4.69, 9.17) is 28.4 Å². The van der Waals surface area contributed by atoms with Gasteiger partial charge in [-0.3, -0.25) is 0 Å². The second-order valence-electron chi connectivity index (χ2n) is 8.05. The average molecular weight is 450 g/mol. The monoisotopic (exact) mass is 450 g/mol. The van der Waals surface area contributed by atoms with E-state index in [2.05, 4.69) is 0 Å². The van der Waals surface area contributed by atoms with Crippen molar-refractivity contribution >= 4 is 0 Å². The Morgan fingerprint density at radius 2 is 1.64 bits per heavy atom. The number of hydrogen-bond acceptors (Lipinski definition) is 7. The molecule has 2 aliphatic heterocycles. The molecule has 1 saturated heterocycles. The van der Waals surface area contributed by atoms with Gasteiger partial charge in [-0.15, -0.1) is 0 Å². The van der Waals surface area contributed by atoms with Crippen LogP contribution in [0.3, 0.4) is 0 Å². The standard InChI is InChI=1S/C26H26O7/c1-28-19-11-9-17(13-21(19)30-3)25-26(33-25)15-32-22-18(24(26)27)10-12-20(29-2)23(22)31-14-16-7-5-4-6-8-16/h4-13,24-25,27H,14-15H2,1-3H3. The van der Waals surface area contributed by atoms with Crippen molar-refractivity contribution in [2.45, 2.75) is 24.4 Å². The second-order valence-corrected chi connectivity index (χ2v) is 8.05. The first kappa shape index (κ1) is 21.4. The molecule has 0 bridgehead atoms. The summed E-state index contributed by atoms with van der Waals surface area (Å²) in [5.41, 5.74) is 1.63. The Morgan fingerprint density at radius 3 is 2.36 bits per heavy atom. The summed E-state index contributed by atoms with van der Waals surface area (Å²) in [6.07, 6.45) is -1.24. The number of hydrogen-bond donors (Lipinski definition) is 1. The molecule has 5 rings (SSSR count). The van der Waals surface area contributed by atoms with Gasteiger partial charge in [0.25, 0.3) is 0 Å². The number of ether oxygens (including phenoxy) is 6. The van der Waals surface area contributed by atoms with Crippen LogP contribution in [0.5, 0.6) is 28.7 Å². The molecule has 3 atom stereocenters. The molecular formula is C26H26O7. The van der Waals surface area contributed by atoms with E-state index < -0.39 is 11.7 Å². The van der Waals surface area contributed by atoms with Crippen molar-refractivity contribution in [2.24, 2.45) is 0 Å². The third-order valence-corrected chi connectivity index (χ3v) is 6.19. The van der Waals surface area contributed by atoms with Crippen molar-refractivity contribution in [2.75, 3.05) is 27.9 Å². The highest BCUT2D eigenvalue weighted by atomic mass is 16.7. The van der Waals surface area contributed by atoms with Gasteiger partial charge in [0.05, 0.1) is 21.3 Å². The van der Waals surface area contributed by atoms with Crippen molar-refractivity contribution in [1.29, 1.82) is 0 Å². The third kappa shape index (κ3) is 3.63. The molecule has 1 fully saturated rings. The fourth-order valence-electron chi connectivity index (χ4n) is 4.35. The molecule has 1 spiro atoms. The first-order valence-corrected chi connectivity index (χ1v) is 10.7. The molecule has 0 aliphatic carbocycles. The lowest BCUT2D eigenvalue weighted by atomic mass is 9.87. The Morgan fingerprint density at radius 1 is 0.909 bits per heavy atom. The van der Waals surface area contributed by atoms with Gasteiger partial charge in [-0.05, 0) is 35.4 Å². The maximum absolute atomic E-state index is 11.3. The highest BCUT2D eigenvalue weighted by Crippen LogP contribution is 2.62. The highest BCUT2D eigenvalue weighted by Gasteiger charge is 2.65. The SMILES string of the molecule is COc1ccc(C2OC23COc2c(ccc(OC)c2OCc2ccccc2)C3O)cc1OC. The molecule has 172 valence electrons. The molecule has 1 N–H and O–H groups in total. The fourth-order valence-corrected chi connectivity index (χ4v) is 4.35. The van der Waals surface area contributed by atoms with Crippen LogP contribution in [0.4, 0.5) is 0 Å². The summed E-state index contributed by atoms with van der Waals surface area (Å²) in [6.45, 7) is 0.526. The topological polar surface area (TPSA) is 78.9 Å². The number of aliphatic hydroxyl groups is 1. The van der Waals surface area contributed by atoms with Gasteiger partial charge in [-0.2, -0.15) is 0 Å². The third-order valence-electron chi connectivity index (χ3n) is 6.19. The molecule has 2 aliphatic rings. The predicted molar refractivity (Wildman–Crippen MR) is 120 cm³/mol. The Balaban J connectivity index is 1.42. The van der Waals surface area contributed by atoms with Crippen LogP contribution in [0.1, 0.15) is 28.9 Å². The van der Waals surface area contributed by atoms with Crippen LogP contribution in [0.15, 0.2) is 60.7 Å². The first-order valence-electron chi connectivity index (χ1n) is 10.7. The van der Waals surface area contributed by atoms with E-state index in [9.17, 15) is 5.11 Å². The minimum atomic E-state index is -0.899. The molecule has 7 heteroatoms. The molecule has 0 saturated carbocycles. The first-order chi connectivity index (χ1) is 16.1. The molecule has 0 radical (unpaired) electrons. The van der Waals surface area contributed by atoms with Crippen LogP contribution in [-0.4, -0.2) is 38.6 Å². The molecule has 3 aromatic carbocycles. The summed E-state index contributed by atoms with van der Waals surface area (Å²) in [4.78, 5) is 0. The zero-order valence-electron chi connectivity index (χ0n) is 18.7. The minimum Gasteiger partial charge on any atom is -0.493 e. The van der Waals surface area contributed by atoms with Gasteiger partial charge >= 0.3 is 0 Å². The van der Waals surface area contributed by atoms with Crippen LogP contribution in [0, 0.1) is 0 Å². The van der Waals surface area contributed by atoms with Gasteiger partial charge < -0.3 is 33.5 Å². The maximum Gasteiger partial charge on any atom is 0.204 e. The fraction of sp³-hybridized carbons (Fsp3) is 0.308. The van der Waals surface area contributed by atoms with Crippen molar-refractivity contribution in [3.05, 3.63) is 77.4 Å². The largest absolute Gasteiger partial charge is 0.493 e. The predicted octanol–water partition coefficient (Wildman–Crippen LogP) is 4.23. The Bertz CT molecular complexity index is 1150. The van der Waals surface area contributed by atoms with Crippen molar-refractivity contribution in [3.8, 4) is 28.7 Å². The molecule has 2 heterocycles. The van der Waals surface area contributed by atoms with Gasteiger partial charge in [-0.1, -0.05) is 36.4 Å².